The van der Waals surface area contributed by atoms with Gasteiger partial charge in [0.05, 0.1) is 11.9 Å². The minimum atomic E-state index is -4.00. The molecule has 0 radical (unpaired) electrons. The molecule has 0 bridgehead atoms. The third-order valence-electron chi connectivity index (χ3n) is 3.61. The van der Waals surface area contributed by atoms with Crippen molar-refractivity contribution >= 4 is 21.5 Å². The van der Waals surface area contributed by atoms with Crippen molar-refractivity contribution in [3.63, 3.8) is 0 Å². The van der Waals surface area contributed by atoms with Gasteiger partial charge in [-0.2, -0.15) is 8.42 Å². The fourth-order valence-electron chi connectivity index (χ4n) is 2.40. The maximum atomic E-state index is 11.1. The van der Waals surface area contributed by atoms with Crippen LogP contribution in [0.2, 0.25) is 0 Å². The predicted octanol–water partition coefficient (Wildman–Crippen LogP) is 2.58. The molecule has 2 heterocycles. The van der Waals surface area contributed by atoms with E-state index in [2.05, 4.69) is 0 Å². The average Bonchev–Trinajstić information content (AvgIpc) is 2.72. The molecule has 0 aromatic carbocycles. The lowest BCUT2D eigenvalue weighted by molar-refractivity contribution is 0.00796. The molecule has 0 fully saturated rings. The fourth-order valence-corrected chi connectivity index (χ4v) is 4.15. The highest BCUT2D eigenvalue weighted by atomic mass is 32.2. The first kappa shape index (κ1) is 17.5. The van der Waals surface area contributed by atoms with E-state index in [1.54, 1.807) is 18.3 Å². The number of rotatable bonds is 7. The smallest absolute Gasteiger partial charge is 0.267 e. The molecule has 1 aliphatic heterocycles. The van der Waals surface area contributed by atoms with Gasteiger partial charge >= 0.3 is 0 Å². The molecule has 1 aromatic heterocycles. The highest BCUT2D eigenvalue weighted by molar-refractivity contribution is 7.86. The van der Waals surface area contributed by atoms with E-state index in [-0.39, 0.29) is 19.1 Å². The average molecular weight is 350 g/mol. The maximum absolute atomic E-state index is 11.1. The normalized spacial score (nSPS) is 19.2. The minimum Gasteiger partial charge on any atom is -0.485 e. The Morgan fingerprint density at radius 1 is 1.36 bits per heavy atom. The standard InChI is InChI=1S/C14H22O6S2/c1-4-12(22(15,16)17)5-6-18-7-11-8-19-13-9(2)21-10(3)14(13)20-11/h11-12H,4-8H2,1-3H3,(H,15,16,17). The molecule has 0 amide bonds. The summed E-state index contributed by atoms with van der Waals surface area (Å²) < 4.78 is 48.3. The van der Waals surface area contributed by atoms with Crippen LogP contribution in [0.1, 0.15) is 29.5 Å². The molecule has 0 saturated carbocycles. The van der Waals surface area contributed by atoms with E-state index < -0.39 is 15.4 Å². The third-order valence-corrected chi connectivity index (χ3v) is 6.01. The molecule has 8 heteroatoms. The second-order valence-corrected chi connectivity index (χ2v) is 8.46. The van der Waals surface area contributed by atoms with Gasteiger partial charge in [-0.1, -0.05) is 6.92 Å². The summed E-state index contributed by atoms with van der Waals surface area (Å²) in [5, 5.41) is -0.774. The summed E-state index contributed by atoms with van der Waals surface area (Å²) in [5.41, 5.74) is 0. The quantitative estimate of drug-likeness (QED) is 0.601. The third kappa shape index (κ3) is 4.13. The van der Waals surface area contributed by atoms with E-state index in [9.17, 15) is 8.42 Å². The Bertz CT molecular complexity index is 607. The number of ether oxygens (including phenoxy) is 3. The van der Waals surface area contributed by atoms with Crippen LogP contribution in [-0.2, 0) is 14.9 Å². The molecule has 2 unspecified atom stereocenters. The lowest BCUT2D eigenvalue weighted by Gasteiger charge is -2.25. The van der Waals surface area contributed by atoms with Crippen LogP contribution in [-0.4, -0.2) is 44.1 Å². The number of thiophene rings is 1. The molecule has 0 spiro atoms. The first-order valence-electron chi connectivity index (χ1n) is 7.26. The molecule has 2 rings (SSSR count). The lowest BCUT2D eigenvalue weighted by atomic mass is 10.2. The SMILES string of the molecule is CCC(CCOCC1COc2c(C)sc(C)c2O1)S(=O)(=O)O. The highest BCUT2D eigenvalue weighted by Crippen LogP contribution is 2.43. The number of hydrogen-bond acceptors (Lipinski definition) is 6. The van der Waals surface area contributed by atoms with Crippen LogP contribution in [0.25, 0.3) is 0 Å². The van der Waals surface area contributed by atoms with E-state index in [1.165, 1.54) is 0 Å². The summed E-state index contributed by atoms with van der Waals surface area (Å²) in [7, 11) is -4.00. The summed E-state index contributed by atoms with van der Waals surface area (Å²) in [6.07, 6.45) is 0.429. The Balaban J connectivity index is 1.78. The van der Waals surface area contributed by atoms with E-state index >= 15 is 0 Å². The van der Waals surface area contributed by atoms with Gasteiger partial charge in [0.25, 0.3) is 10.1 Å². The molecule has 1 aromatic rings. The molecular formula is C14H22O6S2. The Labute approximate surface area is 135 Å². The van der Waals surface area contributed by atoms with Crippen LogP contribution in [0.3, 0.4) is 0 Å². The molecule has 0 saturated heterocycles. The second kappa shape index (κ2) is 7.16. The first-order valence-corrected chi connectivity index (χ1v) is 9.58. The van der Waals surface area contributed by atoms with Crippen molar-refractivity contribution in [3.8, 4) is 11.5 Å². The van der Waals surface area contributed by atoms with Crippen molar-refractivity contribution in [1.82, 2.24) is 0 Å². The summed E-state index contributed by atoms with van der Waals surface area (Å²) in [6, 6.07) is 0. The van der Waals surface area contributed by atoms with Crippen LogP contribution in [0.4, 0.5) is 0 Å². The van der Waals surface area contributed by atoms with Crippen molar-refractivity contribution < 1.29 is 27.2 Å². The van der Waals surface area contributed by atoms with E-state index in [4.69, 9.17) is 18.8 Å². The van der Waals surface area contributed by atoms with E-state index in [0.717, 1.165) is 21.3 Å². The van der Waals surface area contributed by atoms with Gasteiger partial charge < -0.3 is 14.2 Å². The van der Waals surface area contributed by atoms with Crippen LogP contribution in [0.5, 0.6) is 11.5 Å². The van der Waals surface area contributed by atoms with Crippen LogP contribution < -0.4 is 9.47 Å². The topological polar surface area (TPSA) is 82.1 Å². The summed E-state index contributed by atoms with van der Waals surface area (Å²) in [5.74, 6) is 1.60. The van der Waals surface area contributed by atoms with Gasteiger partial charge in [-0.3, -0.25) is 4.55 Å². The Hall–Kier alpha value is -0.830. The largest absolute Gasteiger partial charge is 0.485 e. The van der Waals surface area contributed by atoms with E-state index in [0.29, 0.717) is 19.6 Å². The van der Waals surface area contributed by atoms with Gasteiger partial charge in [0.1, 0.15) is 6.61 Å². The highest BCUT2D eigenvalue weighted by Gasteiger charge is 2.27. The molecule has 1 aliphatic rings. The zero-order valence-corrected chi connectivity index (χ0v) is 14.6. The molecule has 2 atom stereocenters. The number of hydrogen-bond donors (Lipinski definition) is 1. The van der Waals surface area contributed by atoms with Crippen molar-refractivity contribution in [2.24, 2.45) is 0 Å². The van der Waals surface area contributed by atoms with E-state index in [1.807, 2.05) is 13.8 Å². The van der Waals surface area contributed by atoms with Gasteiger partial charge in [-0.15, -0.1) is 11.3 Å². The van der Waals surface area contributed by atoms with Gasteiger partial charge in [0, 0.05) is 16.4 Å². The predicted molar refractivity (Wildman–Crippen MR) is 84.8 cm³/mol. The first-order chi connectivity index (χ1) is 10.3. The van der Waals surface area contributed by atoms with Crippen LogP contribution >= 0.6 is 11.3 Å². The summed E-state index contributed by atoms with van der Waals surface area (Å²) >= 11 is 1.64. The molecule has 0 aliphatic carbocycles. The lowest BCUT2D eigenvalue weighted by Crippen LogP contribution is -2.34. The van der Waals surface area contributed by atoms with Crippen LogP contribution in [0.15, 0.2) is 0 Å². The van der Waals surface area contributed by atoms with Crippen molar-refractivity contribution in [2.75, 3.05) is 19.8 Å². The molecule has 1 N–H and O–H groups in total. The second-order valence-electron chi connectivity index (χ2n) is 5.33. The molecular weight excluding hydrogens is 328 g/mol. The number of fused-ring (bicyclic) bond motifs is 1. The number of aryl methyl sites for hydroxylation is 2. The fraction of sp³-hybridized carbons (Fsp3) is 0.714. The maximum Gasteiger partial charge on any atom is 0.267 e. The molecule has 6 nitrogen and oxygen atoms in total. The van der Waals surface area contributed by atoms with Gasteiger partial charge in [-0.05, 0) is 26.7 Å². The van der Waals surface area contributed by atoms with Gasteiger partial charge in [0.2, 0.25) is 0 Å². The Kier molecular flexibility index (Phi) is 5.70. The molecule has 126 valence electrons. The van der Waals surface area contributed by atoms with Gasteiger partial charge in [-0.25, -0.2) is 0 Å². The molecule has 22 heavy (non-hydrogen) atoms. The Morgan fingerprint density at radius 3 is 2.68 bits per heavy atom. The summed E-state index contributed by atoms with van der Waals surface area (Å²) in [4.78, 5) is 2.18. The van der Waals surface area contributed by atoms with Crippen molar-refractivity contribution in [1.29, 1.82) is 0 Å². The van der Waals surface area contributed by atoms with Gasteiger partial charge in [0.15, 0.2) is 17.6 Å². The summed E-state index contributed by atoms with van der Waals surface area (Å²) in [6.45, 7) is 6.71. The van der Waals surface area contributed by atoms with Crippen molar-refractivity contribution in [2.45, 2.75) is 45.0 Å². The Morgan fingerprint density at radius 2 is 2.05 bits per heavy atom. The zero-order chi connectivity index (χ0) is 16.3. The van der Waals surface area contributed by atoms with Crippen molar-refractivity contribution in [3.05, 3.63) is 9.75 Å². The minimum absolute atomic E-state index is 0.203. The monoisotopic (exact) mass is 350 g/mol. The van der Waals surface area contributed by atoms with Crippen LogP contribution in [0, 0.1) is 13.8 Å². The zero-order valence-electron chi connectivity index (χ0n) is 13.0.